The second-order valence-corrected chi connectivity index (χ2v) is 7.17. The number of ether oxygens (including phenoxy) is 2. The lowest BCUT2D eigenvalue weighted by atomic mass is 10.2. The molecule has 1 N–H and O–H groups in total. The van der Waals surface area contributed by atoms with Crippen molar-refractivity contribution < 1.29 is 17.9 Å². The summed E-state index contributed by atoms with van der Waals surface area (Å²) in [5, 5.41) is 10.8. The molecule has 0 atom stereocenters. The Morgan fingerprint density at radius 3 is 2.38 bits per heavy atom. The molecule has 1 aromatic heterocycles. The van der Waals surface area contributed by atoms with Crippen molar-refractivity contribution in [2.24, 2.45) is 0 Å². The number of hydrogen-bond donors (Lipinski definition) is 1. The molecule has 0 aliphatic rings. The van der Waals surface area contributed by atoms with E-state index in [-0.39, 0.29) is 10.8 Å². The molecule has 0 radical (unpaired) electrons. The Kier molecular flexibility index (Phi) is 5.97. The largest absolute Gasteiger partial charge is 0.493 e. The first-order valence-electron chi connectivity index (χ1n) is 7.51. The minimum atomic E-state index is -3.34. The molecule has 1 heterocycles. The van der Waals surface area contributed by atoms with Gasteiger partial charge in [0.1, 0.15) is 5.82 Å². The number of rotatable bonds is 8. The molecular weight excluding hydrogens is 330 g/mol. The quantitative estimate of drug-likeness (QED) is 0.780. The SMILES string of the molecule is CCCS(=O)(=O)c1ccc(NCc2ccc(OC)c(OC)c2)nn1. The lowest BCUT2D eigenvalue weighted by Crippen LogP contribution is -2.10. The molecule has 8 heteroatoms. The first kappa shape index (κ1) is 18.0. The van der Waals surface area contributed by atoms with E-state index >= 15 is 0 Å². The van der Waals surface area contributed by atoms with E-state index in [1.54, 1.807) is 20.3 Å². The van der Waals surface area contributed by atoms with Gasteiger partial charge in [-0.2, -0.15) is 0 Å². The molecule has 0 fully saturated rings. The molecule has 0 amide bonds. The Morgan fingerprint density at radius 2 is 1.79 bits per heavy atom. The maximum atomic E-state index is 11.9. The van der Waals surface area contributed by atoms with Gasteiger partial charge < -0.3 is 14.8 Å². The number of sulfone groups is 1. The lowest BCUT2D eigenvalue weighted by molar-refractivity contribution is 0.354. The van der Waals surface area contributed by atoms with Crippen LogP contribution in [-0.2, 0) is 16.4 Å². The first-order valence-corrected chi connectivity index (χ1v) is 9.16. The highest BCUT2D eigenvalue weighted by Crippen LogP contribution is 2.27. The number of methoxy groups -OCH3 is 2. The molecule has 0 unspecified atom stereocenters. The van der Waals surface area contributed by atoms with Gasteiger partial charge in [-0.05, 0) is 36.2 Å². The zero-order chi connectivity index (χ0) is 17.6. The van der Waals surface area contributed by atoms with Crippen LogP contribution in [0.2, 0.25) is 0 Å². The monoisotopic (exact) mass is 351 g/mol. The third kappa shape index (κ3) is 4.35. The Labute approximate surface area is 141 Å². The summed E-state index contributed by atoms with van der Waals surface area (Å²) in [4.78, 5) is 0. The number of hydrogen-bond acceptors (Lipinski definition) is 7. The predicted octanol–water partition coefficient (Wildman–Crippen LogP) is 2.29. The standard InChI is InChI=1S/C16H21N3O4S/c1-4-9-24(20,21)16-8-7-15(18-19-16)17-11-12-5-6-13(22-2)14(10-12)23-3/h5-8,10H,4,9,11H2,1-3H3,(H,17,18). The van der Waals surface area contributed by atoms with Gasteiger partial charge in [0, 0.05) is 6.54 Å². The molecule has 0 saturated heterocycles. The Hall–Kier alpha value is -2.35. The number of aromatic nitrogens is 2. The summed E-state index contributed by atoms with van der Waals surface area (Å²) < 4.78 is 34.3. The van der Waals surface area contributed by atoms with E-state index in [9.17, 15) is 8.42 Å². The van der Waals surface area contributed by atoms with Crippen LogP contribution in [0.25, 0.3) is 0 Å². The number of nitrogens with zero attached hydrogens (tertiary/aromatic N) is 2. The zero-order valence-corrected chi connectivity index (χ0v) is 14.8. The Balaban J connectivity index is 2.05. The van der Waals surface area contributed by atoms with Gasteiger partial charge in [0.15, 0.2) is 26.4 Å². The fraction of sp³-hybridized carbons (Fsp3) is 0.375. The van der Waals surface area contributed by atoms with Crippen LogP contribution in [0.15, 0.2) is 35.4 Å². The second kappa shape index (κ2) is 7.96. The molecule has 2 aromatic rings. The van der Waals surface area contributed by atoms with Crippen LogP contribution < -0.4 is 14.8 Å². The minimum absolute atomic E-state index is 0.000941. The van der Waals surface area contributed by atoms with Crippen molar-refractivity contribution >= 4 is 15.7 Å². The number of anilines is 1. The molecule has 24 heavy (non-hydrogen) atoms. The van der Waals surface area contributed by atoms with Crippen molar-refractivity contribution in [3.63, 3.8) is 0 Å². The molecule has 1 aromatic carbocycles. The van der Waals surface area contributed by atoms with E-state index in [0.717, 1.165) is 5.56 Å². The van der Waals surface area contributed by atoms with Crippen molar-refractivity contribution in [1.82, 2.24) is 10.2 Å². The number of benzene rings is 1. The van der Waals surface area contributed by atoms with Gasteiger partial charge in [0.25, 0.3) is 0 Å². The van der Waals surface area contributed by atoms with Gasteiger partial charge in [-0.25, -0.2) is 8.42 Å². The first-order chi connectivity index (χ1) is 11.5. The Bertz CT molecular complexity index is 776. The van der Waals surface area contributed by atoms with Crippen molar-refractivity contribution in [1.29, 1.82) is 0 Å². The zero-order valence-electron chi connectivity index (χ0n) is 13.9. The van der Waals surface area contributed by atoms with E-state index in [0.29, 0.717) is 30.3 Å². The number of nitrogens with one attached hydrogen (secondary N) is 1. The smallest absolute Gasteiger partial charge is 0.197 e. The summed E-state index contributed by atoms with van der Waals surface area (Å²) >= 11 is 0. The molecule has 0 saturated carbocycles. The van der Waals surface area contributed by atoms with Crippen LogP contribution in [0.1, 0.15) is 18.9 Å². The van der Waals surface area contributed by atoms with Crippen LogP contribution in [0, 0.1) is 0 Å². The summed E-state index contributed by atoms with van der Waals surface area (Å²) in [7, 11) is -0.181. The molecule has 130 valence electrons. The van der Waals surface area contributed by atoms with Gasteiger partial charge in [-0.1, -0.05) is 13.0 Å². The molecule has 7 nitrogen and oxygen atoms in total. The summed E-state index contributed by atoms with van der Waals surface area (Å²) in [6, 6.07) is 8.66. The molecule has 0 bridgehead atoms. The maximum absolute atomic E-state index is 11.9. The third-order valence-electron chi connectivity index (χ3n) is 3.35. The van der Waals surface area contributed by atoms with Crippen molar-refractivity contribution in [2.75, 3.05) is 25.3 Å². The molecule has 0 aliphatic heterocycles. The van der Waals surface area contributed by atoms with E-state index in [1.807, 2.05) is 25.1 Å². The minimum Gasteiger partial charge on any atom is -0.493 e. The van der Waals surface area contributed by atoms with Crippen molar-refractivity contribution in [3.8, 4) is 11.5 Å². The van der Waals surface area contributed by atoms with E-state index in [4.69, 9.17) is 9.47 Å². The maximum Gasteiger partial charge on any atom is 0.197 e. The second-order valence-electron chi connectivity index (χ2n) is 5.12. The fourth-order valence-electron chi connectivity index (χ4n) is 2.14. The van der Waals surface area contributed by atoms with Crippen molar-refractivity contribution in [3.05, 3.63) is 35.9 Å². The molecule has 0 spiro atoms. The van der Waals surface area contributed by atoms with E-state index < -0.39 is 9.84 Å². The van der Waals surface area contributed by atoms with E-state index in [2.05, 4.69) is 15.5 Å². The highest BCUT2D eigenvalue weighted by atomic mass is 32.2. The molecule has 2 rings (SSSR count). The third-order valence-corrected chi connectivity index (χ3v) is 5.15. The van der Waals surface area contributed by atoms with Crippen LogP contribution in [0.3, 0.4) is 0 Å². The lowest BCUT2D eigenvalue weighted by Gasteiger charge is -2.10. The van der Waals surface area contributed by atoms with Crippen molar-refractivity contribution in [2.45, 2.75) is 24.9 Å². The van der Waals surface area contributed by atoms with Crippen LogP contribution >= 0.6 is 0 Å². The fourth-order valence-corrected chi connectivity index (χ4v) is 3.32. The van der Waals surface area contributed by atoms with Gasteiger partial charge >= 0.3 is 0 Å². The Morgan fingerprint density at radius 1 is 1.04 bits per heavy atom. The normalized spacial score (nSPS) is 11.1. The van der Waals surface area contributed by atoms with Gasteiger partial charge in [0.05, 0.1) is 20.0 Å². The van der Waals surface area contributed by atoms with Crippen LogP contribution in [0.5, 0.6) is 11.5 Å². The average molecular weight is 351 g/mol. The summed E-state index contributed by atoms with van der Waals surface area (Å²) in [6.07, 6.45) is 0.545. The highest BCUT2D eigenvalue weighted by Gasteiger charge is 2.15. The summed E-state index contributed by atoms with van der Waals surface area (Å²) in [5.41, 5.74) is 0.970. The average Bonchev–Trinajstić information content (AvgIpc) is 2.60. The van der Waals surface area contributed by atoms with Crippen LogP contribution in [0.4, 0.5) is 5.82 Å². The summed E-state index contributed by atoms with van der Waals surface area (Å²) in [6.45, 7) is 2.31. The highest BCUT2D eigenvalue weighted by molar-refractivity contribution is 7.91. The van der Waals surface area contributed by atoms with Gasteiger partial charge in [0.2, 0.25) is 0 Å². The summed E-state index contributed by atoms with van der Waals surface area (Å²) in [5.74, 6) is 1.87. The molecular formula is C16H21N3O4S. The molecule has 0 aliphatic carbocycles. The predicted molar refractivity (Wildman–Crippen MR) is 91.2 cm³/mol. The van der Waals surface area contributed by atoms with Gasteiger partial charge in [-0.3, -0.25) is 0 Å². The van der Waals surface area contributed by atoms with E-state index in [1.165, 1.54) is 6.07 Å². The van der Waals surface area contributed by atoms with Crippen LogP contribution in [-0.4, -0.2) is 38.6 Å². The topological polar surface area (TPSA) is 90.4 Å². The van der Waals surface area contributed by atoms with Gasteiger partial charge in [-0.15, -0.1) is 10.2 Å².